The molecule has 13 heteroatoms. The number of carbonyl (C=O) groups is 2. The fraction of sp³-hybridized carbons (Fsp3) is 0.269. The molecule has 2 aromatic carbocycles. The van der Waals surface area contributed by atoms with Crippen LogP contribution >= 0.6 is 0 Å². The van der Waals surface area contributed by atoms with E-state index in [2.05, 4.69) is 4.98 Å². The average Bonchev–Trinajstić information content (AvgIpc) is 2.91. The van der Waals surface area contributed by atoms with E-state index >= 15 is 0 Å². The molecule has 1 atom stereocenters. The first kappa shape index (κ1) is 29.4. The summed E-state index contributed by atoms with van der Waals surface area (Å²) in [5.41, 5.74) is -0.246. The van der Waals surface area contributed by atoms with Crippen LogP contribution in [0.2, 0.25) is 0 Å². The van der Waals surface area contributed by atoms with E-state index < -0.39 is 38.0 Å². The van der Waals surface area contributed by atoms with Crippen molar-refractivity contribution in [1.29, 1.82) is 0 Å². The zero-order chi connectivity index (χ0) is 28.7. The largest absolute Gasteiger partial charge is 0.628 e. The van der Waals surface area contributed by atoms with E-state index in [0.29, 0.717) is 10.5 Å². The summed E-state index contributed by atoms with van der Waals surface area (Å²) in [5.74, 6) is -1.45. The maximum atomic E-state index is 13.5. The Bertz CT molecular complexity index is 1370. The van der Waals surface area contributed by atoms with Crippen molar-refractivity contribution in [3.05, 3.63) is 86.9 Å². The number of carbonyl (C=O) groups excluding carboxylic acids is 2. The van der Waals surface area contributed by atoms with Gasteiger partial charge in [-0.05, 0) is 49.7 Å². The lowest BCUT2D eigenvalue weighted by Gasteiger charge is -2.32. The molecule has 1 aromatic heterocycles. The van der Waals surface area contributed by atoms with Crippen molar-refractivity contribution >= 4 is 34.1 Å². The first-order chi connectivity index (χ1) is 18.5. The Labute approximate surface area is 226 Å². The molecule has 0 radical (unpaired) electrons. The van der Waals surface area contributed by atoms with Gasteiger partial charge in [0.2, 0.25) is 5.69 Å². The Hall–Kier alpha value is -4.20. The van der Waals surface area contributed by atoms with Gasteiger partial charge in [-0.3, -0.25) is 15.1 Å². The van der Waals surface area contributed by atoms with Crippen molar-refractivity contribution in [2.45, 2.75) is 30.2 Å². The molecule has 0 amide bonds. The number of quaternary nitrogens is 1. The van der Waals surface area contributed by atoms with Gasteiger partial charge in [0.15, 0.2) is 0 Å². The Morgan fingerprint density at radius 1 is 0.974 bits per heavy atom. The summed E-state index contributed by atoms with van der Waals surface area (Å²) in [5, 5.41) is 24.6. The average molecular weight is 558 g/mol. The van der Waals surface area contributed by atoms with E-state index in [1.165, 1.54) is 62.9 Å². The fourth-order valence-corrected chi connectivity index (χ4v) is 4.71. The van der Waals surface area contributed by atoms with Gasteiger partial charge in [0.25, 0.3) is 0 Å². The lowest BCUT2D eigenvalue weighted by Crippen LogP contribution is -2.33. The molecule has 206 valence electrons. The van der Waals surface area contributed by atoms with Gasteiger partial charge < -0.3 is 24.1 Å². The van der Waals surface area contributed by atoms with Crippen LogP contribution in [0.25, 0.3) is 0 Å². The van der Waals surface area contributed by atoms with Gasteiger partial charge >= 0.3 is 17.6 Å². The molecule has 0 aliphatic heterocycles. The quantitative estimate of drug-likeness (QED) is 0.145. The predicted octanol–water partition coefficient (Wildman–Crippen LogP) is 4.15. The molecule has 0 aliphatic carbocycles. The SMILES string of the molecule is CCOC(=O)c1cc(COc2cc([N+](=O)[O-])c([N+](C)(C)[O-])cc2S(=O)c2ccncc2)cc(C(=O)OCC)c1. The number of hydrogen-bond donors (Lipinski definition) is 0. The molecule has 3 aromatic rings. The lowest BCUT2D eigenvalue weighted by atomic mass is 10.1. The number of rotatable bonds is 11. The molecular weight excluding hydrogens is 530 g/mol. The van der Waals surface area contributed by atoms with Crippen molar-refractivity contribution in [2.75, 3.05) is 27.3 Å². The zero-order valence-electron chi connectivity index (χ0n) is 21.7. The number of nitro groups is 1. The summed E-state index contributed by atoms with van der Waals surface area (Å²) in [6.07, 6.45) is 2.87. The lowest BCUT2D eigenvalue weighted by molar-refractivity contribution is -0.384. The molecule has 1 unspecified atom stereocenters. The normalized spacial score (nSPS) is 11.9. The van der Waals surface area contributed by atoms with Gasteiger partial charge in [0.05, 0.1) is 65.1 Å². The van der Waals surface area contributed by atoms with Gasteiger partial charge in [-0.2, -0.15) is 0 Å². The smallest absolute Gasteiger partial charge is 0.338 e. The number of ether oxygens (including phenoxy) is 3. The van der Waals surface area contributed by atoms with E-state index in [0.717, 1.165) is 6.07 Å². The molecule has 3 rings (SSSR count). The van der Waals surface area contributed by atoms with Crippen LogP contribution < -0.4 is 9.38 Å². The zero-order valence-corrected chi connectivity index (χ0v) is 22.6. The highest BCUT2D eigenvalue weighted by atomic mass is 32.2. The molecule has 0 N–H and O–H groups in total. The Morgan fingerprint density at radius 2 is 1.54 bits per heavy atom. The van der Waals surface area contributed by atoms with Crippen molar-refractivity contribution in [3.63, 3.8) is 0 Å². The van der Waals surface area contributed by atoms with Crippen LogP contribution in [-0.2, 0) is 26.9 Å². The van der Waals surface area contributed by atoms with Crippen molar-refractivity contribution < 1.29 is 32.9 Å². The Kier molecular flexibility index (Phi) is 9.46. The first-order valence-electron chi connectivity index (χ1n) is 11.8. The van der Waals surface area contributed by atoms with Gasteiger partial charge in [-0.15, -0.1) is 0 Å². The number of nitro benzene ring substituents is 1. The van der Waals surface area contributed by atoms with Crippen LogP contribution in [0.1, 0.15) is 40.1 Å². The number of hydrogen-bond acceptors (Lipinski definition) is 10. The van der Waals surface area contributed by atoms with E-state index in [9.17, 15) is 29.1 Å². The van der Waals surface area contributed by atoms with E-state index in [4.69, 9.17) is 14.2 Å². The summed E-state index contributed by atoms with van der Waals surface area (Å²) < 4.78 is 28.3. The molecule has 1 heterocycles. The van der Waals surface area contributed by atoms with E-state index in [1.807, 2.05) is 0 Å². The highest BCUT2D eigenvalue weighted by Gasteiger charge is 2.29. The molecule has 0 saturated heterocycles. The topological polar surface area (TPSA) is 158 Å². The minimum atomic E-state index is -1.90. The van der Waals surface area contributed by atoms with Crippen molar-refractivity contribution in [3.8, 4) is 5.75 Å². The predicted molar refractivity (Wildman–Crippen MR) is 142 cm³/mol. The molecule has 0 fully saturated rings. The number of nitrogens with zero attached hydrogens (tertiary/aromatic N) is 3. The van der Waals surface area contributed by atoms with Crippen LogP contribution in [0.3, 0.4) is 0 Å². The van der Waals surface area contributed by atoms with Crippen LogP contribution in [0.5, 0.6) is 5.75 Å². The molecule has 0 saturated carbocycles. The minimum absolute atomic E-state index is 0.0241. The number of benzene rings is 2. The third-order valence-electron chi connectivity index (χ3n) is 5.29. The minimum Gasteiger partial charge on any atom is -0.628 e. The summed E-state index contributed by atoms with van der Waals surface area (Å²) in [6.45, 7) is 3.23. The van der Waals surface area contributed by atoms with E-state index in [1.54, 1.807) is 13.8 Å². The molecule has 0 bridgehead atoms. The highest BCUT2D eigenvalue weighted by Crippen LogP contribution is 2.40. The van der Waals surface area contributed by atoms with E-state index in [-0.39, 0.29) is 47.3 Å². The molecule has 39 heavy (non-hydrogen) atoms. The second-order valence-corrected chi connectivity index (χ2v) is 9.94. The number of pyridine rings is 1. The highest BCUT2D eigenvalue weighted by molar-refractivity contribution is 7.85. The first-order valence-corrected chi connectivity index (χ1v) is 12.9. The maximum Gasteiger partial charge on any atom is 0.338 e. The summed E-state index contributed by atoms with van der Waals surface area (Å²) in [6, 6.07) is 9.47. The van der Waals surface area contributed by atoms with Gasteiger partial charge in [0.1, 0.15) is 12.4 Å². The Balaban J connectivity index is 2.10. The summed E-state index contributed by atoms with van der Waals surface area (Å²) >= 11 is 0. The number of hydroxylamine groups is 2. The molecule has 0 aliphatic rings. The second-order valence-electron chi connectivity index (χ2n) is 8.50. The van der Waals surface area contributed by atoms with Gasteiger partial charge in [-0.1, -0.05) is 0 Å². The molecule has 12 nitrogen and oxygen atoms in total. The second kappa shape index (κ2) is 12.6. The Morgan fingerprint density at radius 3 is 2.03 bits per heavy atom. The van der Waals surface area contributed by atoms with Crippen LogP contribution in [0.15, 0.2) is 64.6 Å². The van der Waals surface area contributed by atoms with Gasteiger partial charge in [0, 0.05) is 23.4 Å². The number of aromatic nitrogens is 1. The van der Waals surface area contributed by atoms with Gasteiger partial charge in [-0.25, -0.2) is 13.8 Å². The summed E-state index contributed by atoms with van der Waals surface area (Å²) in [7, 11) is 0.520. The monoisotopic (exact) mass is 557 g/mol. The third-order valence-corrected chi connectivity index (χ3v) is 6.71. The van der Waals surface area contributed by atoms with Crippen LogP contribution in [0.4, 0.5) is 11.4 Å². The number of esters is 2. The molecular formula is C26H27N3O9S. The standard InChI is InChI=1S/C26H27N3O9S/c1-5-36-25(30)18-11-17(12-19(13-18)26(31)37-6-2)16-38-23-14-21(28(32)33)22(29(3,4)34)15-24(23)39(35)20-7-9-27-10-8-20/h7-15H,5-6,16H2,1-4H3. The maximum absolute atomic E-state index is 13.5. The van der Waals surface area contributed by atoms with Crippen LogP contribution in [0, 0.1) is 15.3 Å². The third kappa shape index (κ3) is 7.22. The van der Waals surface area contributed by atoms with Crippen LogP contribution in [-0.4, -0.2) is 53.4 Å². The van der Waals surface area contributed by atoms with Crippen molar-refractivity contribution in [2.24, 2.45) is 0 Å². The molecule has 0 spiro atoms. The van der Waals surface area contributed by atoms with Crippen molar-refractivity contribution in [1.82, 2.24) is 9.63 Å². The fourth-order valence-electron chi connectivity index (χ4n) is 3.56. The summed E-state index contributed by atoms with van der Waals surface area (Å²) in [4.78, 5) is 40.1.